The Labute approximate surface area is 185 Å². The minimum Gasteiger partial charge on any atom is -0.406 e. The summed E-state index contributed by atoms with van der Waals surface area (Å²) in [7, 11) is -3.94. The number of nitrogens with two attached hydrogens (primary N) is 1. The summed E-state index contributed by atoms with van der Waals surface area (Å²) >= 11 is 0. The van der Waals surface area contributed by atoms with E-state index in [0.717, 1.165) is 12.1 Å². The fraction of sp³-hybridized carbons (Fsp3) is 0.278. The van der Waals surface area contributed by atoms with Crippen molar-refractivity contribution in [2.75, 3.05) is 11.5 Å². The number of ether oxygens (including phenoxy) is 1. The summed E-state index contributed by atoms with van der Waals surface area (Å²) in [5.41, 5.74) is 5.29. The van der Waals surface area contributed by atoms with Crippen molar-refractivity contribution in [2.24, 2.45) is 0 Å². The molecule has 0 aliphatic carbocycles. The lowest BCUT2D eigenvalue weighted by molar-refractivity contribution is -0.274. The molecule has 0 bridgehead atoms. The van der Waals surface area contributed by atoms with Crippen LogP contribution in [0, 0.1) is 0 Å². The van der Waals surface area contributed by atoms with E-state index >= 15 is 0 Å². The van der Waals surface area contributed by atoms with Gasteiger partial charge in [-0.25, -0.2) is 18.4 Å². The van der Waals surface area contributed by atoms with Crippen LogP contribution < -0.4 is 15.8 Å². The Morgan fingerprint density at radius 2 is 1.91 bits per heavy atom. The number of alkyl halides is 3. The van der Waals surface area contributed by atoms with E-state index in [1.165, 1.54) is 30.9 Å². The lowest BCUT2D eigenvalue weighted by atomic mass is 10.2. The van der Waals surface area contributed by atoms with Gasteiger partial charge in [-0.2, -0.15) is 9.67 Å². The lowest BCUT2D eigenvalue weighted by Gasteiger charge is -2.16. The zero-order valence-electron chi connectivity index (χ0n) is 17.2. The minimum absolute atomic E-state index is 0.120. The first-order valence-electron chi connectivity index (χ1n) is 9.34. The topological polar surface area (TPSA) is 155 Å². The summed E-state index contributed by atoms with van der Waals surface area (Å²) in [5, 5.41) is 6.49. The maximum atomic E-state index is 12.8. The van der Waals surface area contributed by atoms with E-state index in [1.807, 2.05) is 0 Å². The monoisotopic (exact) mass is 485 g/mol. The molecule has 1 atom stereocenters. The van der Waals surface area contributed by atoms with Gasteiger partial charge in [-0.15, -0.1) is 18.3 Å². The fourth-order valence-electron chi connectivity index (χ4n) is 2.75. The molecule has 1 aromatic carbocycles. The minimum atomic E-state index is -5.08. The molecule has 1 amide bonds. The number of nitrogen functional groups attached to an aromatic ring is 1. The van der Waals surface area contributed by atoms with Crippen LogP contribution in [0.15, 0.2) is 41.6 Å². The Morgan fingerprint density at radius 3 is 2.52 bits per heavy atom. The third-order valence-corrected chi connectivity index (χ3v) is 5.95. The number of hydrogen-bond acceptors (Lipinski definition) is 9. The molecule has 0 unspecified atom stereocenters. The smallest absolute Gasteiger partial charge is 0.406 e. The highest BCUT2D eigenvalue weighted by atomic mass is 32.2. The molecule has 2 aromatic heterocycles. The van der Waals surface area contributed by atoms with Gasteiger partial charge in [0.25, 0.3) is 11.9 Å². The molecule has 2 heterocycles. The molecule has 33 heavy (non-hydrogen) atoms. The van der Waals surface area contributed by atoms with Gasteiger partial charge in [0, 0.05) is 18.0 Å². The number of amides is 1. The number of anilines is 1. The zero-order chi connectivity index (χ0) is 24.4. The second kappa shape index (κ2) is 9.01. The molecular weight excluding hydrogens is 467 g/mol. The van der Waals surface area contributed by atoms with Crippen LogP contribution in [0.25, 0.3) is 5.95 Å². The van der Waals surface area contributed by atoms with Gasteiger partial charge < -0.3 is 15.8 Å². The van der Waals surface area contributed by atoms with E-state index in [-0.39, 0.29) is 29.0 Å². The number of sulfone groups is 1. The van der Waals surface area contributed by atoms with Gasteiger partial charge in [0.05, 0.1) is 16.7 Å². The van der Waals surface area contributed by atoms with Crippen molar-refractivity contribution in [3.8, 4) is 11.7 Å². The molecular formula is C18H18F3N7O4S. The molecule has 0 saturated heterocycles. The number of aromatic nitrogens is 5. The number of carbonyl (C=O) groups is 1. The predicted molar refractivity (Wildman–Crippen MR) is 108 cm³/mol. The maximum absolute atomic E-state index is 12.8. The van der Waals surface area contributed by atoms with E-state index in [4.69, 9.17) is 5.73 Å². The number of nitrogens with zero attached hydrogens (tertiary/aromatic N) is 5. The second-order valence-corrected chi connectivity index (χ2v) is 8.91. The maximum Gasteiger partial charge on any atom is 0.573 e. The zero-order valence-corrected chi connectivity index (χ0v) is 18.1. The van der Waals surface area contributed by atoms with Gasteiger partial charge in [-0.1, -0.05) is 6.92 Å². The molecule has 176 valence electrons. The van der Waals surface area contributed by atoms with Crippen LogP contribution in [-0.4, -0.2) is 51.2 Å². The van der Waals surface area contributed by atoms with Crippen molar-refractivity contribution >= 4 is 21.7 Å². The Kier molecular flexibility index (Phi) is 6.53. The van der Waals surface area contributed by atoms with Gasteiger partial charge >= 0.3 is 6.36 Å². The molecule has 15 heteroatoms. The SMILES string of the molecule is CCS(=O)(=O)c1cc(OC(F)(F)F)cc(C(=O)N[C@@H](C)c2nc(N)nn2-c2ncccn2)c1. The number of nitrogens with one attached hydrogen (secondary N) is 1. The molecule has 3 rings (SSSR count). The van der Waals surface area contributed by atoms with Crippen LogP contribution in [0.4, 0.5) is 19.1 Å². The van der Waals surface area contributed by atoms with Crippen LogP contribution >= 0.6 is 0 Å². The highest BCUT2D eigenvalue weighted by Crippen LogP contribution is 2.28. The summed E-state index contributed by atoms with van der Waals surface area (Å²) in [6, 6.07) is 3.15. The first-order valence-corrected chi connectivity index (χ1v) is 11.0. The molecule has 0 aliphatic heterocycles. The van der Waals surface area contributed by atoms with Gasteiger partial charge in [-0.3, -0.25) is 4.79 Å². The largest absolute Gasteiger partial charge is 0.573 e. The molecule has 0 saturated carbocycles. The summed E-state index contributed by atoms with van der Waals surface area (Å²) in [5.74, 6) is -2.00. The summed E-state index contributed by atoms with van der Waals surface area (Å²) < 4.78 is 67.6. The van der Waals surface area contributed by atoms with Crippen molar-refractivity contribution in [1.82, 2.24) is 30.0 Å². The van der Waals surface area contributed by atoms with E-state index in [0.29, 0.717) is 6.07 Å². The van der Waals surface area contributed by atoms with Gasteiger partial charge in [0.2, 0.25) is 5.95 Å². The summed E-state index contributed by atoms with van der Waals surface area (Å²) in [6.07, 6.45) is -2.18. The highest BCUT2D eigenvalue weighted by Gasteiger charge is 2.32. The Bertz CT molecular complexity index is 1260. The average molecular weight is 485 g/mol. The van der Waals surface area contributed by atoms with Crippen molar-refractivity contribution in [2.45, 2.75) is 31.1 Å². The molecule has 0 radical (unpaired) electrons. The molecule has 3 N–H and O–H groups in total. The molecule has 0 aliphatic rings. The van der Waals surface area contributed by atoms with Gasteiger partial charge in [-0.05, 0) is 31.2 Å². The van der Waals surface area contributed by atoms with E-state index in [9.17, 15) is 26.4 Å². The van der Waals surface area contributed by atoms with Crippen molar-refractivity contribution in [3.63, 3.8) is 0 Å². The van der Waals surface area contributed by atoms with Gasteiger partial charge in [0.1, 0.15) is 5.75 Å². The first kappa shape index (κ1) is 23.9. The molecule has 11 nitrogen and oxygen atoms in total. The van der Waals surface area contributed by atoms with Crippen LogP contribution in [0.5, 0.6) is 5.75 Å². The Hall–Kier alpha value is -3.75. The first-order chi connectivity index (χ1) is 15.4. The van der Waals surface area contributed by atoms with Crippen molar-refractivity contribution in [3.05, 3.63) is 48.0 Å². The third kappa shape index (κ3) is 5.74. The summed E-state index contributed by atoms with van der Waals surface area (Å²) in [4.78, 5) is 24.4. The molecule has 3 aromatic rings. The van der Waals surface area contributed by atoms with E-state index in [2.05, 4.69) is 30.1 Å². The summed E-state index contributed by atoms with van der Waals surface area (Å²) in [6.45, 7) is 2.83. The lowest BCUT2D eigenvalue weighted by Crippen LogP contribution is -2.29. The van der Waals surface area contributed by atoms with E-state index in [1.54, 1.807) is 6.07 Å². The number of halogens is 3. The van der Waals surface area contributed by atoms with Crippen LogP contribution in [0.1, 0.15) is 36.1 Å². The number of hydrogen-bond donors (Lipinski definition) is 2. The Balaban J connectivity index is 1.94. The van der Waals surface area contributed by atoms with Crippen LogP contribution in [-0.2, 0) is 9.84 Å². The van der Waals surface area contributed by atoms with Crippen LogP contribution in [0.3, 0.4) is 0 Å². The number of carbonyl (C=O) groups excluding carboxylic acids is 1. The molecule has 0 spiro atoms. The molecule has 0 fully saturated rings. The normalized spacial score (nSPS) is 12.9. The van der Waals surface area contributed by atoms with Crippen molar-refractivity contribution < 1.29 is 31.1 Å². The standard InChI is InChI=1S/C18H18F3N7O4S/c1-3-33(30,31)13-8-11(7-12(9-13)32-18(19,20)21)15(29)25-10(2)14-26-16(22)27-28(14)17-23-5-4-6-24-17/h4-10H,3H2,1-2H3,(H2,22,27)(H,25,29)/t10-/m0/s1. The number of rotatable bonds is 7. The average Bonchev–Trinajstić information content (AvgIpc) is 3.14. The van der Waals surface area contributed by atoms with Crippen LogP contribution in [0.2, 0.25) is 0 Å². The second-order valence-electron chi connectivity index (χ2n) is 6.63. The van der Waals surface area contributed by atoms with Gasteiger partial charge in [0.15, 0.2) is 15.7 Å². The fourth-order valence-corrected chi connectivity index (χ4v) is 3.69. The quantitative estimate of drug-likeness (QED) is 0.510. The number of benzene rings is 1. The van der Waals surface area contributed by atoms with E-state index < -0.39 is 38.8 Å². The predicted octanol–water partition coefficient (Wildman–Crippen LogP) is 1.82. The third-order valence-electron chi connectivity index (χ3n) is 4.24. The highest BCUT2D eigenvalue weighted by molar-refractivity contribution is 7.91. The van der Waals surface area contributed by atoms with Crippen molar-refractivity contribution in [1.29, 1.82) is 0 Å². The Morgan fingerprint density at radius 1 is 1.24 bits per heavy atom.